The molecule has 0 aliphatic rings. The van der Waals surface area contributed by atoms with Crippen LogP contribution in [0.1, 0.15) is 31.9 Å². The lowest BCUT2D eigenvalue weighted by atomic mass is 9.88. The summed E-state index contributed by atoms with van der Waals surface area (Å²) in [7, 11) is 0. The molecular weight excluding hydrogens is 228 g/mol. The van der Waals surface area contributed by atoms with Crippen molar-refractivity contribution in [2.75, 3.05) is 6.54 Å². The molecule has 2 rings (SSSR count). The summed E-state index contributed by atoms with van der Waals surface area (Å²) in [5.74, 6) is 1.09. The third kappa shape index (κ3) is 2.26. The third-order valence-electron chi connectivity index (χ3n) is 3.29. The van der Waals surface area contributed by atoms with Crippen LogP contribution in [0.3, 0.4) is 0 Å². The Balaban J connectivity index is 2.36. The summed E-state index contributed by atoms with van der Waals surface area (Å²) >= 11 is 0. The number of aryl methyl sites for hydroxylation is 1. The van der Waals surface area contributed by atoms with Gasteiger partial charge in [-0.25, -0.2) is 4.98 Å². The summed E-state index contributed by atoms with van der Waals surface area (Å²) in [5, 5.41) is 3.99. The molecule has 0 bridgehead atoms. The van der Waals surface area contributed by atoms with Crippen molar-refractivity contribution in [1.82, 2.24) is 15.1 Å². The average molecular weight is 246 g/mol. The molecular formula is C13H18N4O. The van der Waals surface area contributed by atoms with Gasteiger partial charge in [-0.1, -0.05) is 18.1 Å². The highest BCUT2D eigenvalue weighted by molar-refractivity contribution is 5.48. The van der Waals surface area contributed by atoms with Crippen molar-refractivity contribution in [3.63, 3.8) is 0 Å². The van der Waals surface area contributed by atoms with E-state index in [4.69, 9.17) is 10.3 Å². The first-order valence-corrected chi connectivity index (χ1v) is 6.07. The SMILES string of the molecule is CCC(C)(CN)c1nc(-c2cccc(C)n2)no1. The maximum Gasteiger partial charge on any atom is 0.234 e. The molecule has 1 atom stereocenters. The molecule has 0 saturated heterocycles. The normalized spacial score (nSPS) is 14.4. The second kappa shape index (κ2) is 4.86. The summed E-state index contributed by atoms with van der Waals surface area (Å²) in [6.07, 6.45) is 0.854. The van der Waals surface area contributed by atoms with Gasteiger partial charge in [0.1, 0.15) is 5.69 Å². The van der Waals surface area contributed by atoms with E-state index in [0.717, 1.165) is 17.8 Å². The minimum Gasteiger partial charge on any atom is -0.338 e. The van der Waals surface area contributed by atoms with Crippen molar-refractivity contribution < 1.29 is 4.52 Å². The van der Waals surface area contributed by atoms with Gasteiger partial charge in [-0.3, -0.25) is 0 Å². The molecule has 0 aliphatic carbocycles. The molecule has 96 valence electrons. The van der Waals surface area contributed by atoms with Gasteiger partial charge in [0.2, 0.25) is 11.7 Å². The van der Waals surface area contributed by atoms with E-state index in [1.54, 1.807) is 0 Å². The van der Waals surface area contributed by atoms with E-state index in [-0.39, 0.29) is 5.41 Å². The molecule has 2 aromatic rings. The molecule has 5 nitrogen and oxygen atoms in total. The molecule has 0 aliphatic heterocycles. The van der Waals surface area contributed by atoms with E-state index in [2.05, 4.69) is 22.0 Å². The predicted molar refractivity (Wildman–Crippen MR) is 69.0 cm³/mol. The molecule has 18 heavy (non-hydrogen) atoms. The summed E-state index contributed by atoms with van der Waals surface area (Å²) in [6, 6.07) is 5.73. The first kappa shape index (κ1) is 12.7. The van der Waals surface area contributed by atoms with Crippen LogP contribution < -0.4 is 5.73 Å². The number of hydrogen-bond acceptors (Lipinski definition) is 5. The van der Waals surface area contributed by atoms with Gasteiger partial charge in [-0.05, 0) is 32.4 Å². The van der Waals surface area contributed by atoms with Gasteiger partial charge in [0, 0.05) is 12.2 Å². The second-order valence-corrected chi connectivity index (χ2v) is 4.71. The summed E-state index contributed by atoms with van der Waals surface area (Å²) in [6.45, 7) is 6.49. The summed E-state index contributed by atoms with van der Waals surface area (Å²) in [5.41, 5.74) is 7.16. The molecule has 0 fully saturated rings. The molecule has 0 aromatic carbocycles. The highest BCUT2D eigenvalue weighted by atomic mass is 16.5. The number of aromatic nitrogens is 3. The van der Waals surface area contributed by atoms with Crippen molar-refractivity contribution in [3.8, 4) is 11.5 Å². The van der Waals surface area contributed by atoms with E-state index < -0.39 is 0 Å². The summed E-state index contributed by atoms with van der Waals surface area (Å²) in [4.78, 5) is 8.79. The van der Waals surface area contributed by atoms with E-state index >= 15 is 0 Å². The lowest BCUT2D eigenvalue weighted by Crippen LogP contribution is -2.31. The van der Waals surface area contributed by atoms with Crippen LogP contribution in [0.25, 0.3) is 11.5 Å². The standard InChI is InChI=1S/C13H18N4O/c1-4-13(3,8-14)12-16-11(17-18-12)10-7-5-6-9(2)15-10/h5-7H,4,8,14H2,1-3H3. The first-order chi connectivity index (χ1) is 8.59. The largest absolute Gasteiger partial charge is 0.338 e. The molecule has 0 saturated carbocycles. The monoisotopic (exact) mass is 246 g/mol. The average Bonchev–Trinajstić information content (AvgIpc) is 2.88. The molecule has 1 unspecified atom stereocenters. The minimum atomic E-state index is -0.269. The zero-order valence-electron chi connectivity index (χ0n) is 11.0. The van der Waals surface area contributed by atoms with Crippen molar-refractivity contribution in [1.29, 1.82) is 0 Å². The lowest BCUT2D eigenvalue weighted by molar-refractivity contribution is 0.291. The Morgan fingerprint density at radius 1 is 1.33 bits per heavy atom. The van der Waals surface area contributed by atoms with Gasteiger partial charge >= 0.3 is 0 Å². The number of nitrogens with two attached hydrogens (primary N) is 1. The maximum absolute atomic E-state index is 5.78. The van der Waals surface area contributed by atoms with Gasteiger partial charge in [-0.2, -0.15) is 4.98 Å². The van der Waals surface area contributed by atoms with Crippen LogP contribution >= 0.6 is 0 Å². The fourth-order valence-corrected chi connectivity index (χ4v) is 1.62. The van der Waals surface area contributed by atoms with Gasteiger partial charge in [-0.15, -0.1) is 0 Å². The van der Waals surface area contributed by atoms with E-state index in [9.17, 15) is 0 Å². The molecule has 0 radical (unpaired) electrons. The fourth-order valence-electron chi connectivity index (χ4n) is 1.62. The maximum atomic E-state index is 5.78. The van der Waals surface area contributed by atoms with Crippen LogP contribution in [0, 0.1) is 6.92 Å². The highest BCUT2D eigenvalue weighted by Crippen LogP contribution is 2.26. The molecule has 5 heteroatoms. The van der Waals surface area contributed by atoms with Gasteiger partial charge in [0.25, 0.3) is 0 Å². The zero-order chi connectivity index (χ0) is 13.2. The summed E-state index contributed by atoms with van der Waals surface area (Å²) < 4.78 is 5.32. The Kier molecular flexibility index (Phi) is 3.43. The van der Waals surface area contributed by atoms with Crippen LogP contribution in [0.5, 0.6) is 0 Å². The van der Waals surface area contributed by atoms with Crippen LogP contribution in [0.2, 0.25) is 0 Å². The number of pyridine rings is 1. The lowest BCUT2D eigenvalue weighted by Gasteiger charge is -2.20. The Morgan fingerprint density at radius 2 is 2.11 bits per heavy atom. The quantitative estimate of drug-likeness (QED) is 0.893. The smallest absolute Gasteiger partial charge is 0.234 e. The van der Waals surface area contributed by atoms with Crippen LogP contribution in [-0.4, -0.2) is 21.7 Å². The molecule has 0 spiro atoms. The van der Waals surface area contributed by atoms with Crippen LogP contribution in [-0.2, 0) is 5.41 Å². The topological polar surface area (TPSA) is 77.8 Å². The molecule has 0 amide bonds. The van der Waals surface area contributed by atoms with Gasteiger partial charge < -0.3 is 10.3 Å². The Morgan fingerprint density at radius 3 is 2.72 bits per heavy atom. The van der Waals surface area contributed by atoms with Crippen LogP contribution in [0.15, 0.2) is 22.7 Å². The van der Waals surface area contributed by atoms with Crippen LogP contribution in [0.4, 0.5) is 0 Å². The third-order valence-corrected chi connectivity index (χ3v) is 3.29. The Labute approximate surface area is 106 Å². The number of hydrogen-bond donors (Lipinski definition) is 1. The van der Waals surface area contributed by atoms with E-state index in [0.29, 0.717) is 18.3 Å². The Hall–Kier alpha value is -1.75. The van der Waals surface area contributed by atoms with Gasteiger partial charge in [0.05, 0.1) is 5.41 Å². The molecule has 2 aromatic heterocycles. The molecule has 2 N–H and O–H groups in total. The second-order valence-electron chi connectivity index (χ2n) is 4.71. The van der Waals surface area contributed by atoms with Crippen molar-refractivity contribution >= 4 is 0 Å². The Bertz CT molecular complexity index is 531. The van der Waals surface area contributed by atoms with Gasteiger partial charge in [0.15, 0.2) is 0 Å². The fraction of sp³-hybridized carbons (Fsp3) is 0.462. The predicted octanol–water partition coefficient (Wildman–Crippen LogP) is 2.07. The highest BCUT2D eigenvalue weighted by Gasteiger charge is 2.30. The van der Waals surface area contributed by atoms with Crippen molar-refractivity contribution in [3.05, 3.63) is 29.8 Å². The number of rotatable bonds is 4. The minimum absolute atomic E-state index is 0.269. The van der Waals surface area contributed by atoms with E-state index in [1.165, 1.54) is 0 Å². The van der Waals surface area contributed by atoms with E-state index in [1.807, 2.05) is 32.0 Å². The first-order valence-electron chi connectivity index (χ1n) is 6.07. The van der Waals surface area contributed by atoms with Crippen molar-refractivity contribution in [2.45, 2.75) is 32.6 Å². The van der Waals surface area contributed by atoms with Crippen molar-refractivity contribution in [2.24, 2.45) is 5.73 Å². The zero-order valence-corrected chi connectivity index (χ0v) is 11.0. The molecule has 2 heterocycles. The number of nitrogens with zero attached hydrogens (tertiary/aromatic N) is 3.